The van der Waals surface area contributed by atoms with Gasteiger partial charge in [0.05, 0.1) is 16.3 Å². The molecule has 28 heavy (non-hydrogen) atoms. The largest absolute Gasteiger partial charge is 0.397 e. The molecule has 1 heterocycles. The second-order valence-electron chi connectivity index (χ2n) is 6.19. The predicted molar refractivity (Wildman–Crippen MR) is 111 cm³/mol. The minimum Gasteiger partial charge on any atom is -0.397 e. The summed E-state index contributed by atoms with van der Waals surface area (Å²) in [6.07, 6.45) is 3.17. The number of hydrogen-bond donors (Lipinski definition) is 4. The lowest BCUT2D eigenvalue weighted by Gasteiger charge is -2.14. The highest BCUT2D eigenvalue weighted by Gasteiger charge is 2.20. The van der Waals surface area contributed by atoms with E-state index in [4.69, 9.17) is 11.0 Å². The Morgan fingerprint density at radius 1 is 1.43 bits per heavy atom. The highest BCUT2D eigenvalue weighted by Crippen LogP contribution is 2.32. The second-order valence-corrected chi connectivity index (χ2v) is 7.27. The number of aryl methyl sites for hydroxylation is 1. The number of aromatic nitrogens is 1. The normalized spacial score (nSPS) is 13.5. The summed E-state index contributed by atoms with van der Waals surface area (Å²) in [5.41, 5.74) is 10.2. The van der Waals surface area contributed by atoms with Crippen LogP contribution in [0.4, 0.5) is 11.4 Å². The summed E-state index contributed by atoms with van der Waals surface area (Å²) in [6, 6.07) is 7.28. The zero-order chi connectivity index (χ0) is 20.1. The van der Waals surface area contributed by atoms with Gasteiger partial charge >= 0.3 is 0 Å². The molecular formula is C19H21N5O3S. The van der Waals surface area contributed by atoms with Gasteiger partial charge in [0.2, 0.25) is 5.91 Å². The molecule has 0 fully saturated rings. The Hall–Kier alpha value is -3.01. The predicted octanol–water partition coefficient (Wildman–Crippen LogP) is 3.36. The number of rotatable bonds is 7. The van der Waals surface area contributed by atoms with Gasteiger partial charge in [0.25, 0.3) is 0 Å². The van der Waals surface area contributed by atoms with Crippen LogP contribution in [-0.2, 0) is 22.7 Å². The number of benzene rings is 1. The number of anilines is 2. The number of hydrogen-bond acceptors (Lipinski definition) is 8. The Labute approximate surface area is 166 Å². The molecule has 1 aliphatic rings. The fourth-order valence-electron chi connectivity index (χ4n) is 2.80. The van der Waals surface area contributed by atoms with Gasteiger partial charge in [-0.05, 0) is 36.6 Å². The van der Waals surface area contributed by atoms with Crippen LogP contribution in [0.15, 0.2) is 47.2 Å². The van der Waals surface area contributed by atoms with Gasteiger partial charge in [-0.2, -0.15) is 0 Å². The average Bonchev–Trinajstić information content (AvgIpc) is 3.05. The third-order valence-corrected chi connectivity index (χ3v) is 5.10. The first-order chi connectivity index (χ1) is 13.5. The van der Waals surface area contributed by atoms with Gasteiger partial charge in [0, 0.05) is 24.5 Å². The summed E-state index contributed by atoms with van der Waals surface area (Å²) in [5, 5.41) is 15.1. The lowest BCUT2D eigenvalue weighted by atomic mass is 9.99. The van der Waals surface area contributed by atoms with E-state index in [2.05, 4.69) is 32.1 Å². The van der Waals surface area contributed by atoms with Gasteiger partial charge in [0.1, 0.15) is 17.4 Å². The molecule has 0 saturated heterocycles. The van der Waals surface area contributed by atoms with Crippen LogP contribution in [0, 0.1) is 0 Å². The van der Waals surface area contributed by atoms with Crippen LogP contribution in [0.5, 0.6) is 0 Å². The van der Waals surface area contributed by atoms with Gasteiger partial charge in [0.15, 0.2) is 0 Å². The maximum Gasteiger partial charge on any atom is 0.221 e. The third kappa shape index (κ3) is 4.83. The fraction of sp³-hybridized carbons (Fsp3) is 0.211. The van der Waals surface area contributed by atoms with Gasteiger partial charge in [-0.3, -0.25) is 10.1 Å². The molecule has 8 nitrogen and oxygen atoms in total. The quantitative estimate of drug-likeness (QED) is 0.322. The average molecular weight is 399 g/mol. The van der Waals surface area contributed by atoms with Crippen molar-refractivity contribution in [3.05, 3.63) is 57.8 Å². The third-order valence-electron chi connectivity index (χ3n) is 4.00. The molecule has 0 radical (unpaired) electrons. The van der Waals surface area contributed by atoms with Crippen LogP contribution in [0.2, 0.25) is 0 Å². The van der Waals surface area contributed by atoms with Crippen LogP contribution in [0.1, 0.15) is 28.9 Å². The molecule has 0 spiro atoms. The van der Waals surface area contributed by atoms with E-state index >= 15 is 0 Å². The van der Waals surface area contributed by atoms with E-state index in [9.17, 15) is 4.79 Å². The summed E-state index contributed by atoms with van der Waals surface area (Å²) in [6.45, 7) is 5.42. The van der Waals surface area contributed by atoms with Crippen molar-refractivity contribution < 1.29 is 14.9 Å². The van der Waals surface area contributed by atoms with E-state index in [1.165, 1.54) is 18.3 Å². The van der Waals surface area contributed by atoms with Gasteiger partial charge in [-0.25, -0.2) is 14.9 Å². The van der Waals surface area contributed by atoms with Crippen LogP contribution >= 0.6 is 11.3 Å². The van der Waals surface area contributed by atoms with Crippen molar-refractivity contribution >= 4 is 40.5 Å². The van der Waals surface area contributed by atoms with Crippen LogP contribution < -0.4 is 16.4 Å². The van der Waals surface area contributed by atoms with E-state index in [0.717, 1.165) is 34.7 Å². The van der Waals surface area contributed by atoms with Crippen molar-refractivity contribution in [1.82, 2.24) is 4.98 Å². The molecule has 1 amide bonds. The van der Waals surface area contributed by atoms with E-state index < -0.39 is 0 Å². The van der Waals surface area contributed by atoms with Crippen molar-refractivity contribution in [3.63, 3.8) is 0 Å². The smallest absolute Gasteiger partial charge is 0.221 e. The van der Waals surface area contributed by atoms with Crippen molar-refractivity contribution in [2.24, 2.45) is 10.7 Å². The topological polar surface area (TPSA) is 122 Å². The Morgan fingerprint density at radius 3 is 2.89 bits per heavy atom. The Balaban J connectivity index is 1.69. The number of carbonyl (C=O) groups is 1. The Bertz CT molecular complexity index is 964. The van der Waals surface area contributed by atoms with Crippen LogP contribution in [0.25, 0.3) is 5.70 Å². The standard InChI is InChI=1S/C19H21N5O3S/c1-11(22-14-4-3-5-15(8-14)23-12(2)25)21-9-13-6-7-16-19(18(13)20)28-17(24-16)10-27-26/h3-5,8-9,22,26H,1,6-7,10,20H2,2H3,(H,23,25)/b21-9-. The lowest BCUT2D eigenvalue weighted by molar-refractivity contribution is -0.253. The van der Waals surface area contributed by atoms with Crippen molar-refractivity contribution in [3.8, 4) is 0 Å². The summed E-state index contributed by atoms with van der Waals surface area (Å²) in [4.78, 5) is 25.0. The number of fused-ring (bicyclic) bond motifs is 1. The van der Waals surface area contributed by atoms with Gasteiger partial charge in [-0.15, -0.1) is 11.3 Å². The zero-order valence-corrected chi connectivity index (χ0v) is 16.2. The molecule has 1 aromatic heterocycles. The molecule has 0 bridgehead atoms. The van der Waals surface area contributed by atoms with Gasteiger partial charge < -0.3 is 16.4 Å². The molecule has 5 N–H and O–H groups in total. The lowest BCUT2D eigenvalue weighted by Crippen LogP contribution is -2.10. The first-order valence-corrected chi connectivity index (χ1v) is 9.39. The Kier molecular flexibility index (Phi) is 6.19. The minimum atomic E-state index is -0.134. The summed E-state index contributed by atoms with van der Waals surface area (Å²) < 4.78 is 0. The van der Waals surface area contributed by atoms with E-state index in [1.807, 2.05) is 12.1 Å². The first kappa shape index (κ1) is 19.7. The van der Waals surface area contributed by atoms with E-state index in [-0.39, 0.29) is 12.5 Å². The molecule has 2 aromatic rings. The molecule has 1 aliphatic carbocycles. The van der Waals surface area contributed by atoms with Crippen LogP contribution in [-0.4, -0.2) is 22.4 Å². The van der Waals surface area contributed by atoms with E-state index in [0.29, 0.717) is 22.2 Å². The highest BCUT2D eigenvalue weighted by molar-refractivity contribution is 7.12. The number of amides is 1. The number of nitrogens with two attached hydrogens (primary N) is 1. The molecule has 146 valence electrons. The monoisotopic (exact) mass is 399 g/mol. The van der Waals surface area contributed by atoms with Crippen molar-refractivity contribution in [2.45, 2.75) is 26.4 Å². The number of allylic oxidation sites excluding steroid dienone is 1. The number of nitrogens with one attached hydrogen (secondary N) is 2. The highest BCUT2D eigenvalue weighted by atomic mass is 32.1. The minimum absolute atomic E-state index is 0.0483. The molecule has 0 saturated carbocycles. The fourth-order valence-corrected chi connectivity index (χ4v) is 3.81. The summed E-state index contributed by atoms with van der Waals surface area (Å²) in [5.74, 6) is 0.314. The molecule has 0 unspecified atom stereocenters. The number of nitrogens with zero attached hydrogens (tertiary/aromatic N) is 2. The SMILES string of the molecule is C=C(/N=C\C1=C(N)c2sc(COO)nc2CC1)Nc1cccc(NC(C)=O)c1. The van der Waals surface area contributed by atoms with Crippen molar-refractivity contribution in [1.29, 1.82) is 0 Å². The van der Waals surface area contributed by atoms with Gasteiger partial charge in [-0.1, -0.05) is 12.6 Å². The van der Waals surface area contributed by atoms with Crippen molar-refractivity contribution in [2.75, 3.05) is 10.6 Å². The number of aliphatic imine (C=N–C) groups is 1. The molecule has 1 aromatic carbocycles. The summed E-state index contributed by atoms with van der Waals surface area (Å²) in [7, 11) is 0. The molecule has 3 rings (SSSR count). The molecule has 9 heteroatoms. The molecular weight excluding hydrogens is 378 g/mol. The zero-order valence-electron chi connectivity index (χ0n) is 15.4. The second kappa shape index (κ2) is 8.79. The van der Waals surface area contributed by atoms with Crippen LogP contribution in [0.3, 0.4) is 0 Å². The first-order valence-electron chi connectivity index (χ1n) is 8.58. The summed E-state index contributed by atoms with van der Waals surface area (Å²) >= 11 is 1.40. The van der Waals surface area contributed by atoms with E-state index in [1.54, 1.807) is 18.3 Å². The maximum atomic E-state index is 11.2. The maximum absolute atomic E-state index is 11.2. The molecule has 0 atom stereocenters. The number of carbonyl (C=O) groups excluding carboxylic acids is 1. The Morgan fingerprint density at radius 2 is 2.18 bits per heavy atom. The number of thiazole rings is 1. The molecule has 0 aliphatic heterocycles.